The molecule has 29 heavy (non-hydrogen) atoms. The van der Waals surface area contributed by atoms with E-state index in [0.29, 0.717) is 28.5 Å². The standard InChI is InChI=1S/C22H20ClF3N2S/c1-28-15-7-8-18(28)20(16(11-15)12-2-5-14(23)6-3-12)21-27-17-10-13(22(24,25)26)4-9-19(17)29-21/h2-6,9-10,15-16,18,20H,7-8,11H2,1H3/t15-,16?,18?,20-/m1/s1. The first-order valence-corrected chi connectivity index (χ1v) is 11.0. The number of halogens is 4. The zero-order valence-corrected chi connectivity index (χ0v) is 17.4. The van der Waals surface area contributed by atoms with Crippen LogP contribution in [-0.2, 0) is 6.18 Å². The van der Waals surface area contributed by atoms with Crippen molar-refractivity contribution >= 4 is 33.2 Å². The molecule has 2 saturated heterocycles. The first-order valence-electron chi connectivity index (χ1n) is 9.76. The number of nitrogens with zero attached hydrogens (tertiary/aromatic N) is 2. The van der Waals surface area contributed by atoms with Crippen LogP contribution in [0.15, 0.2) is 42.5 Å². The van der Waals surface area contributed by atoms with Gasteiger partial charge in [0.1, 0.15) is 0 Å². The maximum absolute atomic E-state index is 13.1. The molecule has 2 bridgehead atoms. The number of rotatable bonds is 2. The summed E-state index contributed by atoms with van der Waals surface area (Å²) in [5.74, 6) is 0.468. The fourth-order valence-electron chi connectivity index (χ4n) is 5.12. The van der Waals surface area contributed by atoms with Gasteiger partial charge in [-0.2, -0.15) is 13.2 Å². The van der Waals surface area contributed by atoms with Crippen molar-refractivity contribution in [1.29, 1.82) is 0 Å². The number of aromatic nitrogens is 1. The molecule has 2 aromatic carbocycles. The van der Waals surface area contributed by atoms with Crippen molar-refractivity contribution < 1.29 is 13.2 Å². The van der Waals surface area contributed by atoms with Crippen LogP contribution >= 0.6 is 22.9 Å². The molecule has 0 N–H and O–H groups in total. The first kappa shape index (κ1) is 19.3. The molecule has 152 valence electrons. The van der Waals surface area contributed by atoms with E-state index in [9.17, 15) is 13.2 Å². The van der Waals surface area contributed by atoms with E-state index in [1.165, 1.54) is 23.0 Å². The highest BCUT2D eigenvalue weighted by Crippen LogP contribution is 2.52. The summed E-state index contributed by atoms with van der Waals surface area (Å²) >= 11 is 7.62. The Kier molecular flexibility index (Phi) is 4.64. The summed E-state index contributed by atoms with van der Waals surface area (Å²) in [7, 11) is 2.17. The van der Waals surface area contributed by atoms with E-state index in [-0.39, 0.29) is 5.92 Å². The SMILES string of the molecule is CN1C2CC[C@@H]1CC(c1ccc(Cl)cc1)[C@H]2c1nc2cc(C(F)(F)F)ccc2s1. The zero-order chi connectivity index (χ0) is 20.3. The maximum atomic E-state index is 13.1. The lowest BCUT2D eigenvalue weighted by Gasteiger charge is -2.42. The molecule has 7 heteroatoms. The molecule has 3 aromatic rings. The molecule has 0 spiro atoms. The fourth-order valence-corrected chi connectivity index (χ4v) is 6.42. The van der Waals surface area contributed by atoms with Crippen molar-refractivity contribution in [2.24, 2.45) is 0 Å². The quantitative estimate of drug-likeness (QED) is 0.444. The zero-order valence-electron chi connectivity index (χ0n) is 15.8. The molecule has 0 amide bonds. The summed E-state index contributed by atoms with van der Waals surface area (Å²) in [6.45, 7) is 0. The molecule has 2 aliphatic heterocycles. The molecule has 3 heterocycles. The summed E-state index contributed by atoms with van der Waals surface area (Å²) in [4.78, 5) is 7.17. The predicted octanol–water partition coefficient (Wildman–Crippen LogP) is 6.70. The van der Waals surface area contributed by atoms with Gasteiger partial charge in [-0.25, -0.2) is 4.98 Å². The summed E-state index contributed by atoms with van der Waals surface area (Å²) in [6, 6.07) is 12.8. The molecule has 0 aliphatic carbocycles. The van der Waals surface area contributed by atoms with Gasteiger partial charge in [-0.1, -0.05) is 23.7 Å². The molecule has 2 fully saturated rings. The van der Waals surface area contributed by atoms with Gasteiger partial charge in [0.25, 0.3) is 0 Å². The number of likely N-dealkylation sites (N-methyl/N-ethyl adjacent to an activating group) is 1. The highest BCUT2D eigenvalue weighted by molar-refractivity contribution is 7.18. The highest BCUT2D eigenvalue weighted by Gasteiger charge is 2.47. The third kappa shape index (κ3) is 3.35. The summed E-state index contributed by atoms with van der Waals surface area (Å²) in [5.41, 5.74) is 1.04. The van der Waals surface area contributed by atoms with Crippen LogP contribution in [0, 0.1) is 0 Å². The monoisotopic (exact) mass is 436 g/mol. The normalized spacial score (nSPS) is 27.6. The van der Waals surface area contributed by atoms with Crippen molar-refractivity contribution in [3.05, 3.63) is 63.6 Å². The third-order valence-electron chi connectivity index (χ3n) is 6.58. The van der Waals surface area contributed by atoms with E-state index in [1.54, 1.807) is 6.07 Å². The van der Waals surface area contributed by atoms with Gasteiger partial charge >= 0.3 is 6.18 Å². The minimum Gasteiger partial charge on any atom is -0.300 e. The maximum Gasteiger partial charge on any atom is 0.416 e. The van der Waals surface area contributed by atoms with Crippen LogP contribution in [0.5, 0.6) is 0 Å². The van der Waals surface area contributed by atoms with Gasteiger partial charge in [0.2, 0.25) is 0 Å². The smallest absolute Gasteiger partial charge is 0.300 e. The van der Waals surface area contributed by atoms with Crippen LogP contribution in [0.2, 0.25) is 5.02 Å². The van der Waals surface area contributed by atoms with Crippen molar-refractivity contribution in [1.82, 2.24) is 9.88 Å². The topological polar surface area (TPSA) is 16.1 Å². The van der Waals surface area contributed by atoms with E-state index in [4.69, 9.17) is 16.6 Å². The molecule has 0 radical (unpaired) electrons. The van der Waals surface area contributed by atoms with Gasteiger partial charge < -0.3 is 0 Å². The molecule has 0 saturated carbocycles. The molecule has 2 aliphatic rings. The Hall–Kier alpha value is -1.63. The van der Waals surface area contributed by atoms with E-state index >= 15 is 0 Å². The van der Waals surface area contributed by atoms with Gasteiger partial charge in [0.15, 0.2) is 0 Å². The Morgan fingerprint density at radius 3 is 2.59 bits per heavy atom. The lowest BCUT2D eigenvalue weighted by atomic mass is 9.76. The van der Waals surface area contributed by atoms with E-state index < -0.39 is 11.7 Å². The largest absolute Gasteiger partial charge is 0.416 e. The first-order chi connectivity index (χ1) is 13.8. The van der Waals surface area contributed by atoms with Crippen molar-refractivity contribution in [2.75, 3.05) is 7.05 Å². The van der Waals surface area contributed by atoms with Crippen molar-refractivity contribution in [3.8, 4) is 0 Å². The Balaban J connectivity index is 1.59. The Bertz CT molecular complexity index is 1050. The lowest BCUT2D eigenvalue weighted by molar-refractivity contribution is -0.137. The van der Waals surface area contributed by atoms with Gasteiger partial charge in [0.05, 0.1) is 20.8 Å². The molecule has 1 aromatic heterocycles. The van der Waals surface area contributed by atoms with Crippen LogP contribution in [0.1, 0.15) is 47.2 Å². The number of piperidine rings is 1. The molecular formula is C22H20ClF3N2S. The number of fused-ring (bicyclic) bond motifs is 3. The molecular weight excluding hydrogens is 417 g/mol. The number of benzene rings is 2. The van der Waals surface area contributed by atoms with Crippen LogP contribution < -0.4 is 0 Å². The summed E-state index contributed by atoms with van der Waals surface area (Å²) in [6.07, 6.45) is -1.07. The van der Waals surface area contributed by atoms with Crippen LogP contribution in [0.3, 0.4) is 0 Å². The van der Waals surface area contributed by atoms with Gasteiger partial charge in [-0.15, -0.1) is 11.3 Å². The number of thiazole rings is 1. The molecule has 4 atom stereocenters. The number of hydrogen-bond acceptors (Lipinski definition) is 3. The van der Waals surface area contributed by atoms with Gasteiger partial charge in [-0.05, 0) is 68.1 Å². The second-order valence-corrected chi connectivity index (χ2v) is 9.61. The Morgan fingerprint density at radius 2 is 1.86 bits per heavy atom. The molecule has 2 nitrogen and oxygen atoms in total. The third-order valence-corrected chi connectivity index (χ3v) is 7.97. The predicted molar refractivity (Wildman–Crippen MR) is 111 cm³/mol. The van der Waals surface area contributed by atoms with E-state index in [1.807, 2.05) is 12.1 Å². The Morgan fingerprint density at radius 1 is 1.10 bits per heavy atom. The van der Waals surface area contributed by atoms with Crippen molar-refractivity contribution in [2.45, 2.75) is 49.4 Å². The fraction of sp³-hybridized carbons (Fsp3) is 0.409. The molecule has 2 unspecified atom stereocenters. The highest BCUT2D eigenvalue weighted by atomic mass is 35.5. The van der Waals surface area contributed by atoms with Gasteiger partial charge in [0, 0.05) is 23.0 Å². The second-order valence-electron chi connectivity index (χ2n) is 8.12. The average Bonchev–Trinajstić information content (AvgIpc) is 3.19. The minimum atomic E-state index is -4.35. The van der Waals surface area contributed by atoms with Gasteiger partial charge in [-0.3, -0.25) is 4.90 Å². The summed E-state index contributed by atoms with van der Waals surface area (Å²) in [5, 5.41) is 1.65. The minimum absolute atomic E-state index is 0.173. The van der Waals surface area contributed by atoms with Crippen LogP contribution in [0.25, 0.3) is 10.2 Å². The Labute approximate surface area is 176 Å². The van der Waals surface area contributed by atoms with E-state index in [0.717, 1.165) is 35.0 Å². The number of alkyl halides is 3. The molecule has 5 rings (SSSR count). The second kappa shape index (κ2) is 6.96. The average molecular weight is 437 g/mol. The van der Waals surface area contributed by atoms with Crippen molar-refractivity contribution in [3.63, 3.8) is 0 Å². The number of hydrogen-bond donors (Lipinski definition) is 0. The van der Waals surface area contributed by atoms with Crippen LogP contribution in [0.4, 0.5) is 13.2 Å². The summed E-state index contributed by atoms with van der Waals surface area (Å²) < 4.78 is 40.2. The lowest BCUT2D eigenvalue weighted by Crippen LogP contribution is -2.44. The van der Waals surface area contributed by atoms with Crippen LogP contribution in [-0.4, -0.2) is 29.0 Å². The van der Waals surface area contributed by atoms with E-state index in [2.05, 4.69) is 24.1 Å².